The van der Waals surface area contributed by atoms with Gasteiger partial charge in [0, 0.05) is 29.3 Å². The Morgan fingerprint density at radius 3 is 2.64 bits per heavy atom. The highest BCUT2D eigenvalue weighted by molar-refractivity contribution is 7.71. The van der Waals surface area contributed by atoms with Gasteiger partial charge in [-0.15, -0.1) is 0 Å². The normalized spacial score (nSPS) is 10.7. The number of hydrogen-bond donors (Lipinski definition) is 2. The molecule has 2 N–H and O–H groups in total. The van der Waals surface area contributed by atoms with E-state index in [1.165, 1.54) is 0 Å². The van der Waals surface area contributed by atoms with Gasteiger partial charge >= 0.3 is 0 Å². The predicted molar refractivity (Wildman–Crippen MR) is 103 cm³/mol. The minimum atomic E-state index is -0.133. The van der Waals surface area contributed by atoms with Gasteiger partial charge in [-0.1, -0.05) is 42.5 Å². The van der Waals surface area contributed by atoms with Crippen LogP contribution in [0.5, 0.6) is 0 Å². The van der Waals surface area contributed by atoms with Gasteiger partial charge in [-0.2, -0.15) is 0 Å². The van der Waals surface area contributed by atoms with E-state index in [1.807, 2.05) is 77.5 Å². The number of carbonyl (C=O) groups excluding carboxylic acids is 1. The molecule has 0 unspecified atom stereocenters. The van der Waals surface area contributed by atoms with Crippen molar-refractivity contribution >= 4 is 34.6 Å². The lowest BCUT2D eigenvalue weighted by atomic mass is 10.0. The fourth-order valence-electron chi connectivity index (χ4n) is 2.88. The molecule has 0 bridgehead atoms. The monoisotopic (exact) mass is 345 g/mol. The second-order valence-corrected chi connectivity index (χ2v) is 6.05. The summed E-state index contributed by atoms with van der Waals surface area (Å²) in [6.45, 7) is 0. The zero-order valence-corrected chi connectivity index (χ0v) is 14.1. The second kappa shape index (κ2) is 6.37. The van der Waals surface area contributed by atoms with Gasteiger partial charge in [-0.05, 0) is 47.3 Å². The molecule has 4 aromatic rings. The molecule has 1 aromatic heterocycles. The van der Waals surface area contributed by atoms with Crippen LogP contribution < -0.4 is 5.32 Å². The summed E-state index contributed by atoms with van der Waals surface area (Å²) in [4.78, 5) is 15.7. The molecule has 0 aliphatic rings. The Hall–Kier alpha value is -3.18. The zero-order chi connectivity index (χ0) is 17.2. The quantitative estimate of drug-likeness (QED) is 0.517. The zero-order valence-electron chi connectivity index (χ0n) is 13.3. The fraction of sp³-hybridized carbons (Fsp3) is 0. The second-order valence-electron chi connectivity index (χ2n) is 5.67. The molecule has 0 spiro atoms. The van der Waals surface area contributed by atoms with Crippen LogP contribution in [-0.2, 0) is 0 Å². The summed E-state index contributed by atoms with van der Waals surface area (Å²) in [6.07, 6.45) is 3.64. The molecule has 5 heteroatoms. The summed E-state index contributed by atoms with van der Waals surface area (Å²) in [6, 6.07) is 21.2. The lowest BCUT2D eigenvalue weighted by Crippen LogP contribution is -2.12. The van der Waals surface area contributed by atoms with Gasteiger partial charge < -0.3 is 10.3 Å². The van der Waals surface area contributed by atoms with E-state index in [2.05, 4.69) is 10.3 Å². The van der Waals surface area contributed by atoms with Crippen LogP contribution in [0.4, 0.5) is 5.69 Å². The molecule has 122 valence electrons. The summed E-state index contributed by atoms with van der Waals surface area (Å²) in [5, 5.41) is 4.96. The highest BCUT2D eigenvalue weighted by Crippen LogP contribution is 2.21. The number of aromatic nitrogens is 2. The third kappa shape index (κ3) is 2.97. The van der Waals surface area contributed by atoms with E-state index >= 15 is 0 Å². The number of aromatic amines is 1. The van der Waals surface area contributed by atoms with Gasteiger partial charge in [0.1, 0.15) is 0 Å². The molecule has 1 heterocycles. The minimum absolute atomic E-state index is 0.133. The van der Waals surface area contributed by atoms with Crippen molar-refractivity contribution in [3.05, 3.63) is 89.5 Å². The minimum Gasteiger partial charge on any atom is -0.337 e. The molecular weight excluding hydrogens is 330 g/mol. The number of nitrogens with zero attached hydrogens (tertiary/aromatic N) is 1. The smallest absolute Gasteiger partial charge is 0.256 e. The van der Waals surface area contributed by atoms with Crippen molar-refractivity contribution in [1.29, 1.82) is 0 Å². The molecule has 4 rings (SSSR count). The first-order chi connectivity index (χ1) is 12.2. The topological polar surface area (TPSA) is 49.8 Å². The van der Waals surface area contributed by atoms with E-state index in [4.69, 9.17) is 12.2 Å². The lowest BCUT2D eigenvalue weighted by molar-refractivity contribution is 0.102. The molecule has 1 amide bonds. The summed E-state index contributed by atoms with van der Waals surface area (Å²) < 4.78 is 2.46. The van der Waals surface area contributed by atoms with Crippen molar-refractivity contribution in [3.8, 4) is 5.69 Å². The summed E-state index contributed by atoms with van der Waals surface area (Å²) in [5.74, 6) is -0.133. The van der Waals surface area contributed by atoms with Crippen LogP contribution in [0, 0.1) is 4.77 Å². The number of amides is 1. The first-order valence-electron chi connectivity index (χ1n) is 7.88. The van der Waals surface area contributed by atoms with Crippen LogP contribution in [0.2, 0.25) is 0 Å². The highest BCUT2D eigenvalue weighted by atomic mass is 32.1. The van der Waals surface area contributed by atoms with Crippen LogP contribution in [0.25, 0.3) is 16.5 Å². The van der Waals surface area contributed by atoms with E-state index in [-0.39, 0.29) is 5.91 Å². The highest BCUT2D eigenvalue weighted by Gasteiger charge is 2.10. The summed E-state index contributed by atoms with van der Waals surface area (Å²) in [5.41, 5.74) is 2.27. The van der Waals surface area contributed by atoms with Crippen molar-refractivity contribution in [1.82, 2.24) is 9.55 Å². The van der Waals surface area contributed by atoms with E-state index in [9.17, 15) is 4.79 Å². The van der Waals surface area contributed by atoms with Crippen molar-refractivity contribution in [2.45, 2.75) is 0 Å². The molecule has 0 saturated carbocycles. The third-order valence-electron chi connectivity index (χ3n) is 4.07. The number of hydrogen-bond acceptors (Lipinski definition) is 2. The molecule has 3 aromatic carbocycles. The molecule has 0 radical (unpaired) electrons. The van der Waals surface area contributed by atoms with Gasteiger partial charge in [-0.3, -0.25) is 9.36 Å². The van der Waals surface area contributed by atoms with E-state index in [0.29, 0.717) is 10.3 Å². The Bertz CT molecular complexity index is 1120. The number of fused-ring (bicyclic) bond motifs is 1. The molecule has 25 heavy (non-hydrogen) atoms. The van der Waals surface area contributed by atoms with Crippen LogP contribution in [0.3, 0.4) is 0 Å². The fourth-order valence-corrected chi connectivity index (χ4v) is 3.11. The Kier molecular flexibility index (Phi) is 3.91. The number of anilines is 1. The van der Waals surface area contributed by atoms with Gasteiger partial charge in [-0.25, -0.2) is 0 Å². The van der Waals surface area contributed by atoms with Crippen molar-refractivity contribution < 1.29 is 4.79 Å². The number of rotatable bonds is 3. The SMILES string of the molecule is O=C(Nc1cccc(-n2cc[nH]c2=S)c1)c1cccc2ccccc12. The Morgan fingerprint density at radius 2 is 1.80 bits per heavy atom. The first-order valence-corrected chi connectivity index (χ1v) is 8.29. The number of H-pyrrole nitrogens is 1. The Labute approximate surface area is 149 Å². The Balaban J connectivity index is 1.67. The van der Waals surface area contributed by atoms with Gasteiger partial charge in [0.05, 0.1) is 0 Å². The number of benzene rings is 3. The summed E-state index contributed by atoms with van der Waals surface area (Å²) in [7, 11) is 0. The maximum Gasteiger partial charge on any atom is 0.256 e. The molecule has 0 atom stereocenters. The molecule has 0 fully saturated rings. The first kappa shape index (κ1) is 15.4. The van der Waals surface area contributed by atoms with Gasteiger partial charge in [0.15, 0.2) is 4.77 Å². The summed E-state index contributed by atoms with van der Waals surface area (Å²) >= 11 is 5.25. The maximum atomic E-state index is 12.7. The van der Waals surface area contributed by atoms with E-state index < -0.39 is 0 Å². The number of nitrogens with one attached hydrogen (secondary N) is 2. The molecule has 4 nitrogen and oxygen atoms in total. The molecule has 0 aliphatic carbocycles. The number of carbonyl (C=O) groups is 1. The molecule has 0 saturated heterocycles. The average Bonchev–Trinajstić information content (AvgIpc) is 3.07. The Morgan fingerprint density at radius 1 is 1.00 bits per heavy atom. The van der Waals surface area contributed by atoms with E-state index in [1.54, 1.807) is 6.20 Å². The maximum absolute atomic E-state index is 12.7. The van der Waals surface area contributed by atoms with Crippen LogP contribution in [-0.4, -0.2) is 15.5 Å². The van der Waals surface area contributed by atoms with Crippen molar-refractivity contribution in [2.24, 2.45) is 0 Å². The van der Waals surface area contributed by atoms with Crippen LogP contribution >= 0.6 is 12.2 Å². The van der Waals surface area contributed by atoms with Crippen molar-refractivity contribution in [2.75, 3.05) is 5.32 Å². The lowest BCUT2D eigenvalue weighted by Gasteiger charge is -2.10. The average molecular weight is 345 g/mol. The van der Waals surface area contributed by atoms with Crippen LogP contribution in [0.15, 0.2) is 79.1 Å². The predicted octanol–water partition coefficient (Wildman–Crippen LogP) is 4.94. The molecular formula is C20H15N3OS. The van der Waals surface area contributed by atoms with Crippen molar-refractivity contribution in [3.63, 3.8) is 0 Å². The number of imidazole rings is 1. The van der Waals surface area contributed by atoms with Crippen LogP contribution in [0.1, 0.15) is 10.4 Å². The molecule has 0 aliphatic heterocycles. The largest absolute Gasteiger partial charge is 0.337 e. The standard InChI is InChI=1S/C20H15N3OS/c24-19(18-10-3-6-14-5-1-2-9-17(14)18)22-15-7-4-8-16(13-15)23-12-11-21-20(23)25/h1-13H,(H,21,25)(H,22,24). The van der Waals surface area contributed by atoms with Gasteiger partial charge in [0.25, 0.3) is 5.91 Å². The third-order valence-corrected chi connectivity index (χ3v) is 4.38. The van der Waals surface area contributed by atoms with Gasteiger partial charge in [0.2, 0.25) is 0 Å². The van der Waals surface area contributed by atoms with E-state index in [0.717, 1.165) is 22.1 Å².